The fourth-order valence-corrected chi connectivity index (χ4v) is 1.06. The number of nitrogens with zero attached hydrogens (tertiary/aromatic N) is 3. The van der Waals surface area contributed by atoms with Crippen LogP contribution in [-0.4, -0.2) is 16.5 Å². The van der Waals surface area contributed by atoms with Gasteiger partial charge in [-0.1, -0.05) is 27.7 Å². The Hall–Kier alpha value is -1.63. The summed E-state index contributed by atoms with van der Waals surface area (Å²) in [4.78, 5) is 8.13. The Morgan fingerprint density at radius 3 is 2.75 bits per heavy atom. The first-order chi connectivity index (χ1) is 7.43. The summed E-state index contributed by atoms with van der Waals surface area (Å²) in [6.07, 6.45) is 1.59. The van der Waals surface area contributed by atoms with Gasteiger partial charge in [0, 0.05) is 12.7 Å². The van der Waals surface area contributed by atoms with Crippen LogP contribution in [0, 0.1) is 22.7 Å². The van der Waals surface area contributed by atoms with Gasteiger partial charge in [-0.2, -0.15) is 5.26 Å². The summed E-state index contributed by atoms with van der Waals surface area (Å²) in [7, 11) is 0. The van der Waals surface area contributed by atoms with Gasteiger partial charge in [-0.3, -0.25) is 0 Å². The van der Waals surface area contributed by atoms with E-state index in [-0.39, 0.29) is 5.41 Å². The van der Waals surface area contributed by atoms with Crippen molar-refractivity contribution in [2.45, 2.75) is 27.7 Å². The molecule has 0 saturated heterocycles. The second kappa shape index (κ2) is 4.93. The summed E-state index contributed by atoms with van der Waals surface area (Å²) in [5, 5.41) is 11.9. The smallest absolute Gasteiger partial charge is 0.223 e. The lowest BCUT2D eigenvalue weighted by atomic mass is 9.82. The van der Waals surface area contributed by atoms with Gasteiger partial charge in [0.15, 0.2) is 0 Å². The number of nitrogens with one attached hydrogen (secondary N) is 1. The molecule has 16 heavy (non-hydrogen) atoms. The van der Waals surface area contributed by atoms with E-state index in [2.05, 4.69) is 43.0 Å². The summed E-state index contributed by atoms with van der Waals surface area (Å²) in [5.41, 5.74) is 0.640. The van der Waals surface area contributed by atoms with Gasteiger partial charge >= 0.3 is 0 Å². The third-order valence-electron chi connectivity index (χ3n) is 2.81. The molecule has 86 valence electrons. The van der Waals surface area contributed by atoms with E-state index in [1.165, 1.54) is 0 Å². The van der Waals surface area contributed by atoms with Crippen molar-refractivity contribution < 1.29 is 0 Å². The van der Waals surface area contributed by atoms with Crippen molar-refractivity contribution in [1.29, 1.82) is 5.26 Å². The van der Waals surface area contributed by atoms with Gasteiger partial charge in [0.2, 0.25) is 5.95 Å². The average molecular weight is 218 g/mol. The minimum Gasteiger partial charge on any atom is -0.354 e. The Labute approximate surface area is 96.7 Å². The van der Waals surface area contributed by atoms with E-state index in [4.69, 9.17) is 5.26 Å². The van der Waals surface area contributed by atoms with E-state index in [0.717, 1.165) is 6.54 Å². The number of hydrogen-bond donors (Lipinski definition) is 1. The Kier molecular flexibility index (Phi) is 3.83. The first-order valence-corrected chi connectivity index (χ1v) is 5.40. The molecule has 1 atom stereocenters. The summed E-state index contributed by atoms with van der Waals surface area (Å²) >= 11 is 0. The van der Waals surface area contributed by atoms with E-state index < -0.39 is 0 Å². The monoisotopic (exact) mass is 218 g/mol. The van der Waals surface area contributed by atoms with Crippen molar-refractivity contribution in [3.63, 3.8) is 0 Å². The molecule has 0 aliphatic rings. The summed E-state index contributed by atoms with van der Waals surface area (Å²) in [5.74, 6) is 1.02. The highest BCUT2D eigenvalue weighted by Crippen LogP contribution is 2.25. The van der Waals surface area contributed by atoms with Crippen LogP contribution >= 0.6 is 0 Å². The van der Waals surface area contributed by atoms with Crippen LogP contribution < -0.4 is 5.32 Å². The third-order valence-corrected chi connectivity index (χ3v) is 2.81. The minimum absolute atomic E-state index is 0.250. The predicted octanol–water partition coefficient (Wildman–Crippen LogP) is 2.44. The SMILES string of the molecule is CC(CNc1nccc(C#N)n1)C(C)(C)C. The van der Waals surface area contributed by atoms with Gasteiger partial charge in [-0.05, 0) is 17.4 Å². The molecule has 0 aliphatic carbocycles. The molecule has 4 heteroatoms. The first kappa shape index (κ1) is 12.4. The number of anilines is 1. The van der Waals surface area contributed by atoms with Gasteiger partial charge in [0.05, 0.1) is 0 Å². The molecule has 4 nitrogen and oxygen atoms in total. The Morgan fingerprint density at radius 2 is 2.19 bits per heavy atom. The van der Waals surface area contributed by atoms with Crippen LogP contribution in [0.4, 0.5) is 5.95 Å². The molecule has 0 radical (unpaired) electrons. The van der Waals surface area contributed by atoms with Crippen molar-refractivity contribution in [3.05, 3.63) is 18.0 Å². The highest BCUT2D eigenvalue weighted by atomic mass is 15.1. The van der Waals surface area contributed by atoms with Gasteiger partial charge in [-0.25, -0.2) is 9.97 Å². The zero-order chi connectivity index (χ0) is 12.2. The minimum atomic E-state index is 0.250. The van der Waals surface area contributed by atoms with Gasteiger partial charge in [0.1, 0.15) is 11.8 Å². The van der Waals surface area contributed by atoms with Gasteiger partial charge in [0.25, 0.3) is 0 Å². The average Bonchev–Trinajstić information content (AvgIpc) is 2.25. The lowest BCUT2D eigenvalue weighted by Gasteiger charge is -2.27. The van der Waals surface area contributed by atoms with E-state index in [1.807, 2.05) is 6.07 Å². The predicted molar refractivity (Wildman–Crippen MR) is 63.9 cm³/mol. The van der Waals surface area contributed by atoms with Crippen LogP contribution in [0.1, 0.15) is 33.4 Å². The molecule has 0 amide bonds. The Balaban J connectivity index is 2.59. The molecule has 0 bridgehead atoms. The highest BCUT2D eigenvalue weighted by Gasteiger charge is 2.19. The highest BCUT2D eigenvalue weighted by molar-refractivity contribution is 5.29. The van der Waals surface area contributed by atoms with Gasteiger partial charge < -0.3 is 5.32 Å². The second-order valence-electron chi connectivity index (χ2n) is 5.03. The third kappa shape index (κ3) is 3.50. The molecule has 1 aromatic rings. The van der Waals surface area contributed by atoms with E-state index in [9.17, 15) is 0 Å². The van der Waals surface area contributed by atoms with Crippen molar-refractivity contribution in [2.75, 3.05) is 11.9 Å². The molecule has 0 saturated carbocycles. The van der Waals surface area contributed by atoms with E-state index >= 15 is 0 Å². The lowest BCUT2D eigenvalue weighted by Crippen LogP contribution is -2.25. The summed E-state index contributed by atoms with van der Waals surface area (Å²) in [6, 6.07) is 3.59. The normalized spacial score (nSPS) is 12.9. The lowest BCUT2D eigenvalue weighted by molar-refractivity contribution is 0.274. The maximum absolute atomic E-state index is 8.70. The Morgan fingerprint density at radius 1 is 1.50 bits per heavy atom. The van der Waals surface area contributed by atoms with Gasteiger partial charge in [-0.15, -0.1) is 0 Å². The van der Waals surface area contributed by atoms with Crippen LogP contribution in [0.2, 0.25) is 0 Å². The van der Waals surface area contributed by atoms with Crippen molar-refractivity contribution in [3.8, 4) is 6.07 Å². The van der Waals surface area contributed by atoms with E-state index in [0.29, 0.717) is 17.6 Å². The van der Waals surface area contributed by atoms with Crippen LogP contribution in [0.3, 0.4) is 0 Å². The second-order valence-corrected chi connectivity index (χ2v) is 5.03. The maximum Gasteiger partial charge on any atom is 0.223 e. The summed E-state index contributed by atoms with van der Waals surface area (Å²) < 4.78 is 0. The van der Waals surface area contributed by atoms with Crippen molar-refractivity contribution >= 4 is 5.95 Å². The molecule has 1 unspecified atom stereocenters. The maximum atomic E-state index is 8.70. The molecule has 1 aromatic heterocycles. The number of hydrogen-bond acceptors (Lipinski definition) is 4. The number of aromatic nitrogens is 2. The van der Waals surface area contributed by atoms with Crippen molar-refractivity contribution in [2.24, 2.45) is 11.3 Å². The molecule has 0 spiro atoms. The number of nitriles is 1. The molecule has 1 rings (SSSR count). The summed E-state index contributed by atoms with van der Waals surface area (Å²) in [6.45, 7) is 9.59. The molecule has 0 aromatic carbocycles. The molecule has 1 heterocycles. The molecule has 0 aliphatic heterocycles. The Bertz CT molecular complexity index is 387. The number of rotatable bonds is 3. The van der Waals surface area contributed by atoms with Crippen molar-refractivity contribution in [1.82, 2.24) is 9.97 Å². The van der Waals surface area contributed by atoms with Crippen LogP contribution in [-0.2, 0) is 0 Å². The topological polar surface area (TPSA) is 61.6 Å². The van der Waals surface area contributed by atoms with Crippen LogP contribution in [0.5, 0.6) is 0 Å². The zero-order valence-electron chi connectivity index (χ0n) is 10.3. The fourth-order valence-electron chi connectivity index (χ4n) is 1.06. The van der Waals surface area contributed by atoms with E-state index in [1.54, 1.807) is 12.3 Å². The molecular formula is C12H18N4. The quantitative estimate of drug-likeness (QED) is 0.846. The first-order valence-electron chi connectivity index (χ1n) is 5.40. The molecule has 0 fully saturated rings. The zero-order valence-corrected chi connectivity index (χ0v) is 10.3. The standard InChI is InChI=1S/C12H18N4/c1-9(12(2,3)4)8-15-11-14-6-5-10(7-13)16-11/h5-6,9H,8H2,1-4H3,(H,14,15,16). The largest absolute Gasteiger partial charge is 0.354 e. The van der Waals surface area contributed by atoms with Crippen LogP contribution in [0.25, 0.3) is 0 Å². The van der Waals surface area contributed by atoms with Crippen LogP contribution in [0.15, 0.2) is 12.3 Å². The molecular weight excluding hydrogens is 200 g/mol. The fraction of sp³-hybridized carbons (Fsp3) is 0.583. The molecule has 1 N–H and O–H groups in total.